The van der Waals surface area contributed by atoms with Crippen LogP contribution >= 0.6 is 0 Å². The van der Waals surface area contributed by atoms with E-state index in [1.54, 1.807) is 18.9 Å². The van der Waals surface area contributed by atoms with Gasteiger partial charge in [-0.2, -0.15) is 0 Å². The molecule has 3 heteroatoms. The second-order valence-corrected chi connectivity index (χ2v) is 8.88. The lowest BCUT2D eigenvalue weighted by Crippen LogP contribution is -2.21. The van der Waals surface area contributed by atoms with Gasteiger partial charge in [-0.3, -0.25) is 4.79 Å². The molecule has 0 saturated heterocycles. The van der Waals surface area contributed by atoms with E-state index in [0.29, 0.717) is 0 Å². The molecule has 1 amide bonds. The van der Waals surface area contributed by atoms with Crippen molar-refractivity contribution in [2.24, 2.45) is 0 Å². The highest BCUT2D eigenvalue weighted by atomic mass is 28.3. The molecule has 0 heterocycles. The maximum absolute atomic E-state index is 10.8. The van der Waals surface area contributed by atoms with E-state index >= 15 is 0 Å². The SMILES string of the molecule is CC(=O)N(C)/C=C/[Si](C)(C)C. The smallest absolute Gasteiger partial charge is 0.223 e. The fraction of sp³-hybridized carbons (Fsp3) is 0.625. The first-order valence-electron chi connectivity index (χ1n) is 3.76. The van der Waals surface area contributed by atoms with Gasteiger partial charge in [0.2, 0.25) is 5.91 Å². The van der Waals surface area contributed by atoms with E-state index in [4.69, 9.17) is 0 Å². The van der Waals surface area contributed by atoms with Gasteiger partial charge in [0.1, 0.15) is 0 Å². The molecule has 0 radical (unpaired) electrons. The maximum Gasteiger partial charge on any atom is 0.223 e. The zero-order valence-corrected chi connectivity index (χ0v) is 9.01. The molecule has 0 spiro atoms. The van der Waals surface area contributed by atoms with Crippen molar-refractivity contribution in [3.05, 3.63) is 11.9 Å². The Hall–Kier alpha value is -0.573. The molecule has 0 aliphatic carbocycles. The summed E-state index contributed by atoms with van der Waals surface area (Å²) in [5.74, 6) is 0.0829. The van der Waals surface area contributed by atoms with Crippen molar-refractivity contribution in [2.75, 3.05) is 7.05 Å². The summed E-state index contributed by atoms with van der Waals surface area (Å²) in [6.45, 7) is 8.26. The maximum atomic E-state index is 10.8. The van der Waals surface area contributed by atoms with Gasteiger partial charge in [-0.05, 0) is 6.20 Å². The molecule has 0 unspecified atom stereocenters. The van der Waals surface area contributed by atoms with Crippen LogP contribution in [0.3, 0.4) is 0 Å². The van der Waals surface area contributed by atoms with Crippen molar-refractivity contribution < 1.29 is 4.79 Å². The lowest BCUT2D eigenvalue weighted by atomic mass is 10.6. The average Bonchev–Trinajstić information content (AvgIpc) is 1.80. The van der Waals surface area contributed by atoms with E-state index in [9.17, 15) is 4.79 Å². The van der Waals surface area contributed by atoms with Crippen LogP contribution in [0.15, 0.2) is 11.9 Å². The minimum atomic E-state index is -1.14. The van der Waals surface area contributed by atoms with Crippen LogP contribution in [0.2, 0.25) is 19.6 Å². The molecule has 11 heavy (non-hydrogen) atoms. The predicted molar refractivity (Wildman–Crippen MR) is 50.9 cm³/mol. The molecule has 0 rings (SSSR count). The molecule has 2 nitrogen and oxygen atoms in total. The number of rotatable bonds is 2. The molecule has 0 aliphatic rings. The summed E-state index contributed by atoms with van der Waals surface area (Å²) in [5, 5.41) is 0. The van der Waals surface area contributed by atoms with Gasteiger partial charge in [0, 0.05) is 14.0 Å². The Kier molecular flexibility index (Phi) is 3.52. The second kappa shape index (κ2) is 3.71. The van der Waals surface area contributed by atoms with E-state index in [1.165, 1.54) is 0 Å². The van der Waals surface area contributed by atoms with Gasteiger partial charge in [-0.1, -0.05) is 25.3 Å². The number of carbonyl (C=O) groups is 1. The fourth-order valence-electron chi connectivity index (χ4n) is 0.440. The molecule has 0 aromatic heterocycles. The Morgan fingerprint density at radius 3 is 2.09 bits per heavy atom. The monoisotopic (exact) mass is 171 g/mol. The molecule has 0 aliphatic heterocycles. The van der Waals surface area contributed by atoms with Gasteiger partial charge >= 0.3 is 0 Å². The lowest BCUT2D eigenvalue weighted by molar-refractivity contribution is -0.125. The second-order valence-electron chi connectivity index (χ2n) is 3.81. The Balaban J connectivity index is 4.04. The summed E-state index contributed by atoms with van der Waals surface area (Å²) < 4.78 is 0. The third-order valence-electron chi connectivity index (χ3n) is 1.29. The highest BCUT2D eigenvalue weighted by molar-refractivity contribution is 6.80. The first-order valence-corrected chi connectivity index (χ1v) is 7.33. The fourth-order valence-corrected chi connectivity index (χ4v) is 1.11. The zero-order valence-electron chi connectivity index (χ0n) is 8.01. The van der Waals surface area contributed by atoms with E-state index < -0.39 is 8.07 Å². The van der Waals surface area contributed by atoms with Crippen LogP contribution < -0.4 is 0 Å². The molecule has 0 saturated carbocycles. The van der Waals surface area contributed by atoms with E-state index in [1.807, 2.05) is 6.20 Å². The molecular formula is C8H17NOSi. The summed E-state index contributed by atoms with van der Waals surface area (Å²) in [5.41, 5.74) is 2.15. The summed E-state index contributed by atoms with van der Waals surface area (Å²) in [7, 11) is 0.636. The third kappa shape index (κ3) is 5.85. The molecule has 0 aromatic carbocycles. The van der Waals surface area contributed by atoms with Crippen LogP contribution in [0.5, 0.6) is 0 Å². The van der Waals surface area contributed by atoms with Crippen LogP contribution in [0.1, 0.15) is 6.92 Å². The molecule has 64 valence electrons. The summed E-state index contributed by atoms with van der Waals surface area (Å²) >= 11 is 0. The number of carbonyl (C=O) groups excluding carboxylic acids is 1. The van der Waals surface area contributed by atoms with Gasteiger partial charge in [-0.15, -0.1) is 0 Å². The van der Waals surface area contributed by atoms with Gasteiger partial charge in [-0.25, -0.2) is 0 Å². The van der Waals surface area contributed by atoms with Crippen molar-refractivity contribution in [2.45, 2.75) is 26.6 Å². The lowest BCUT2D eigenvalue weighted by Gasteiger charge is -2.12. The quantitative estimate of drug-likeness (QED) is 0.581. The summed E-state index contributed by atoms with van der Waals surface area (Å²) in [6.07, 6.45) is 1.87. The van der Waals surface area contributed by atoms with Crippen molar-refractivity contribution in [3.8, 4) is 0 Å². The number of nitrogens with zero attached hydrogens (tertiary/aromatic N) is 1. The summed E-state index contributed by atoms with van der Waals surface area (Å²) in [4.78, 5) is 12.4. The van der Waals surface area contributed by atoms with Gasteiger partial charge in [0.25, 0.3) is 0 Å². The average molecular weight is 171 g/mol. The van der Waals surface area contributed by atoms with Crippen LogP contribution in [-0.4, -0.2) is 25.9 Å². The summed E-state index contributed by atoms with van der Waals surface area (Å²) in [6, 6.07) is 0. The highest BCUT2D eigenvalue weighted by Crippen LogP contribution is 2.02. The van der Waals surface area contributed by atoms with Crippen LogP contribution in [-0.2, 0) is 4.79 Å². The van der Waals surface area contributed by atoms with Crippen molar-refractivity contribution >= 4 is 14.0 Å². The number of hydrogen-bond acceptors (Lipinski definition) is 1. The van der Waals surface area contributed by atoms with Crippen LogP contribution in [0.4, 0.5) is 0 Å². The Bertz CT molecular complexity index is 169. The molecule has 0 atom stereocenters. The molecule has 0 N–H and O–H groups in total. The van der Waals surface area contributed by atoms with E-state index in [2.05, 4.69) is 25.3 Å². The van der Waals surface area contributed by atoms with Crippen molar-refractivity contribution in [1.82, 2.24) is 4.90 Å². The predicted octanol–water partition coefficient (Wildman–Crippen LogP) is 1.86. The first kappa shape index (κ1) is 10.4. The van der Waals surface area contributed by atoms with Crippen LogP contribution in [0.25, 0.3) is 0 Å². The molecule has 0 bridgehead atoms. The van der Waals surface area contributed by atoms with Crippen LogP contribution in [0, 0.1) is 0 Å². The topological polar surface area (TPSA) is 20.3 Å². The van der Waals surface area contributed by atoms with Crippen molar-refractivity contribution in [1.29, 1.82) is 0 Å². The normalized spacial score (nSPS) is 12.1. The van der Waals surface area contributed by atoms with Crippen molar-refractivity contribution in [3.63, 3.8) is 0 Å². The minimum absolute atomic E-state index is 0.0829. The number of amides is 1. The van der Waals surface area contributed by atoms with Gasteiger partial charge in [0.05, 0.1) is 8.07 Å². The Labute approximate surface area is 69.9 Å². The molecule has 0 aromatic rings. The minimum Gasteiger partial charge on any atom is -0.323 e. The van der Waals surface area contributed by atoms with Gasteiger partial charge < -0.3 is 4.90 Å². The highest BCUT2D eigenvalue weighted by Gasteiger charge is 2.07. The molecular weight excluding hydrogens is 154 g/mol. The van der Waals surface area contributed by atoms with E-state index in [-0.39, 0.29) is 5.91 Å². The zero-order chi connectivity index (χ0) is 9.07. The third-order valence-corrected chi connectivity index (χ3v) is 2.44. The number of hydrogen-bond donors (Lipinski definition) is 0. The first-order chi connectivity index (χ1) is 4.83. The standard InChI is InChI=1S/C8H17NOSi/c1-8(10)9(2)6-7-11(3,4)5/h6-7H,1-5H3/b7-6+. The largest absolute Gasteiger partial charge is 0.323 e. The Morgan fingerprint density at radius 1 is 1.36 bits per heavy atom. The van der Waals surface area contributed by atoms with E-state index in [0.717, 1.165) is 0 Å². The van der Waals surface area contributed by atoms with Gasteiger partial charge in [0.15, 0.2) is 0 Å². The molecule has 0 fully saturated rings. The Morgan fingerprint density at radius 2 is 1.82 bits per heavy atom.